The second-order valence-electron chi connectivity index (χ2n) is 2.86. The molecule has 2 nitrogen and oxygen atoms in total. The van der Waals surface area contributed by atoms with Crippen LogP contribution in [0, 0.1) is 0 Å². The van der Waals surface area contributed by atoms with Crippen molar-refractivity contribution in [2.75, 3.05) is 6.26 Å². The van der Waals surface area contributed by atoms with Crippen LogP contribution in [0.15, 0.2) is 29.2 Å². The molecule has 0 saturated carbocycles. The highest BCUT2D eigenvalue weighted by atomic mass is 32.3. The first-order chi connectivity index (χ1) is 6.21. The Labute approximate surface area is 80.7 Å². The molecule has 0 spiro atoms. The smallest absolute Gasteiger partial charge is 0.295 e. The molecule has 0 amide bonds. The Balaban J connectivity index is 3.02. The van der Waals surface area contributed by atoms with Gasteiger partial charge in [-0.05, 0) is 24.3 Å². The zero-order valence-corrected chi connectivity index (χ0v) is 8.06. The fourth-order valence-electron chi connectivity index (χ4n) is 0.902. The molecule has 14 heavy (non-hydrogen) atoms. The van der Waals surface area contributed by atoms with Crippen molar-refractivity contribution in [3.63, 3.8) is 0 Å². The predicted molar refractivity (Wildman–Crippen MR) is 48.5 cm³/mol. The molecule has 0 aliphatic rings. The van der Waals surface area contributed by atoms with E-state index in [4.69, 9.17) is 9.11 Å². The summed E-state index contributed by atoms with van der Waals surface area (Å²) in [5.41, 5.74) is -0.801. The van der Waals surface area contributed by atoms with Gasteiger partial charge < -0.3 is 0 Å². The standard InChI is InChI=1S/C8H9F3O2S/c1-14(12,13)7-4-2-6(3-5-7)8(9,10)11/h2-5,12-13H,1H3. The Bertz CT molecular complexity index is 280. The van der Waals surface area contributed by atoms with Crippen molar-refractivity contribution in [1.82, 2.24) is 0 Å². The Morgan fingerprint density at radius 1 is 1.07 bits per heavy atom. The second kappa shape index (κ2) is 3.45. The molecule has 0 aliphatic heterocycles. The molecule has 0 fully saturated rings. The monoisotopic (exact) mass is 226 g/mol. The molecule has 0 heterocycles. The van der Waals surface area contributed by atoms with Crippen molar-refractivity contribution < 1.29 is 22.3 Å². The summed E-state index contributed by atoms with van der Waals surface area (Å²) in [5.74, 6) is 0. The van der Waals surface area contributed by atoms with Gasteiger partial charge in [-0.3, -0.25) is 9.11 Å². The molecule has 0 radical (unpaired) electrons. The number of rotatable bonds is 1. The third-order valence-corrected chi connectivity index (χ3v) is 2.79. The van der Waals surface area contributed by atoms with Gasteiger partial charge in [-0.1, -0.05) is 0 Å². The first-order valence-electron chi connectivity index (χ1n) is 3.62. The summed E-state index contributed by atoms with van der Waals surface area (Å²) in [6.45, 7) is 0. The van der Waals surface area contributed by atoms with Crippen LogP contribution in [-0.2, 0) is 6.18 Å². The molecule has 0 unspecified atom stereocenters. The van der Waals surface area contributed by atoms with Crippen LogP contribution >= 0.6 is 10.6 Å². The van der Waals surface area contributed by atoms with Gasteiger partial charge in [-0.2, -0.15) is 23.8 Å². The quantitative estimate of drug-likeness (QED) is 0.770. The number of benzene rings is 1. The molecule has 0 saturated heterocycles. The Kier molecular flexibility index (Phi) is 2.80. The molecule has 1 aromatic rings. The number of alkyl halides is 3. The molecule has 1 rings (SSSR count). The lowest BCUT2D eigenvalue weighted by Gasteiger charge is -2.26. The fourth-order valence-corrected chi connectivity index (χ4v) is 1.55. The Hall–Kier alpha value is -0.720. The van der Waals surface area contributed by atoms with Crippen LogP contribution in [0.2, 0.25) is 0 Å². The summed E-state index contributed by atoms with van der Waals surface area (Å²) in [5, 5.41) is 0. The van der Waals surface area contributed by atoms with Crippen LogP contribution < -0.4 is 0 Å². The Morgan fingerprint density at radius 2 is 1.50 bits per heavy atom. The van der Waals surface area contributed by atoms with Gasteiger partial charge >= 0.3 is 6.18 Å². The van der Waals surface area contributed by atoms with Crippen LogP contribution in [0.5, 0.6) is 0 Å². The topological polar surface area (TPSA) is 40.5 Å². The van der Waals surface area contributed by atoms with Gasteiger partial charge in [0, 0.05) is 6.26 Å². The van der Waals surface area contributed by atoms with Gasteiger partial charge in [-0.15, -0.1) is 0 Å². The summed E-state index contributed by atoms with van der Waals surface area (Å²) >= 11 is 0. The van der Waals surface area contributed by atoms with Gasteiger partial charge in [0.25, 0.3) is 0 Å². The lowest BCUT2D eigenvalue weighted by molar-refractivity contribution is -0.137. The minimum Gasteiger partial charge on any atom is -0.295 e. The van der Waals surface area contributed by atoms with Crippen LogP contribution in [0.3, 0.4) is 0 Å². The van der Waals surface area contributed by atoms with Crippen LogP contribution in [-0.4, -0.2) is 15.4 Å². The molecule has 6 heteroatoms. The number of hydrogen-bond acceptors (Lipinski definition) is 2. The highest BCUT2D eigenvalue weighted by Gasteiger charge is 2.30. The van der Waals surface area contributed by atoms with Gasteiger partial charge in [0.05, 0.1) is 10.5 Å². The van der Waals surface area contributed by atoms with Crippen LogP contribution in [0.1, 0.15) is 5.56 Å². The van der Waals surface area contributed by atoms with Gasteiger partial charge in [0.2, 0.25) is 0 Å². The van der Waals surface area contributed by atoms with E-state index in [0.29, 0.717) is 0 Å². The van der Waals surface area contributed by atoms with Crippen molar-refractivity contribution in [2.24, 2.45) is 0 Å². The van der Waals surface area contributed by atoms with Crippen LogP contribution in [0.4, 0.5) is 13.2 Å². The zero-order chi connectivity index (χ0) is 11.0. The minimum atomic E-state index is -4.39. The SMILES string of the molecule is CS(O)(O)c1ccc(C(F)(F)F)cc1. The number of hydrogen-bond donors (Lipinski definition) is 2. The van der Waals surface area contributed by atoms with E-state index in [1.54, 1.807) is 0 Å². The average Bonchev–Trinajstić information content (AvgIpc) is 2.01. The van der Waals surface area contributed by atoms with Gasteiger partial charge in [0.1, 0.15) is 0 Å². The summed E-state index contributed by atoms with van der Waals surface area (Å²) in [6.07, 6.45) is -3.23. The summed E-state index contributed by atoms with van der Waals surface area (Å²) in [4.78, 5) is 0.102. The van der Waals surface area contributed by atoms with E-state index in [2.05, 4.69) is 0 Å². The first kappa shape index (κ1) is 11.4. The third-order valence-electron chi connectivity index (χ3n) is 1.63. The number of halogens is 3. The van der Waals surface area contributed by atoms with E-state index >= 15 is 0 Å². The van der Waals surface area contributed by atoms with E-state index in [9.17, 15) is 13.2 Å². The molecule has 0 aromatic heterocycles. The molecule has 0 atom stereocenters. The highest BCUT2D eigenvalue weighted by molar-refractivity contribution is 8.23. The second-order valence-corrected chi connectivity index (χ2v) is 4.99. The largest absolute Gasteiger partial charge is 0.416 e. The van der Waals surface area contributed by atoms with Crippen molar-refractivity contribution in [3.05, 3.63) is 29.8 Å². The van der Waals surface area contributed by atoms with Crippen molar-refractivity contribution >= 4 is 10.6 Å². The lowest BCUT2D eigenvalue weighted by atomic mass is 10.2. The summed E-state index contributed by atoms with van der Waals surface area (Å²) in [7, 11) is -2.93. The van der Waals surface area contributed by atoms with E-state index < -0.39 is 22.3 Å². The minimum absolute atomic E-state index is 0.102. The molecule has 2 N–H and O–H groups in total. The van der Waals surface area contributed by atoms with Gasteiger partial charge in [-0.25, -0.2) is 0 Å². The maximum absolute atomic E-state index is 12.1. The highest BCUT2D eigenvalue weighted by Crippen LogP contribution is 2.44. The maximum Gasteiger partial charge on any atom is 0.416 e. The normalized spacial score (nSPS) is 14.1. The molecule has 0 aliphatic carbocycles. The van der Waals surface area contributed by atoms with Crippen LogP contribution in [0.25, 0.3) is 0 Å². The molecule has 80 valence electrons. The van der Waals surface area contributed by atoms with Crippen molar-refractivity contribution in [1.29, 1.82) is 0 Å². The van der Waals surface area contributed by atoms with Crippen molar-refractivity contribution in [2.45, 2.75) is 11.1 Å². The van der Waals surface area contributed by atoms with E-state index in [1.807, 2.05) is 0 Å². The summed E-state index contributed by atoms with van der Waals surface area (Å²) in [6, 6.07) is 3.79. The molecular formula is C8H9F3O2S. The Morgan fingerprint density at radius 3 is 1.79 bits per heavy atom. The van der Waals surface area contributed by atoms with E-state index in [1.165, 1.54) is 0 Å². The van der Waals surface area contributed by atoms with E-state index in [-0.39, 0.29) is 4.90 Å². The van der Waals surface area contributed by atoms with Crippen molar-refractivity contribution in [3.8, 4) is 0 Å². The zero-order valence-electron chi connectivity index (χ0n) is 7.25. The fraction of sp³-hybridized carbons (Fsp3) is 0.250. The average molecular weight is 226 g/mol. The molecular weight excluding hydrogens is 217 g/mol. The summed E-state index contributed by atoms with van der Waals surface area (Å²) < 4.78 is 54.6. The molecule has 1 aromatic carbocycles. The van der Waals surface area contributed by atoms with Gasteiger partial charge in [0.15, 0.2) is 0 Å². The lowest BCUT2D eigenvalue weighted by Crippen LogP contribution is -2.05. The third kappa shape index (κ3) is 2.63. The molecule has 0 bridgehead atoms. The van der Waals surface area contributed by atoms with E-state index in [0.717, 1.165) is 30.5 Å². The maximum atomic E-state index is 12.1. The predicted octanol–water partition coefficient (Wildman–Crippen LogP) is 3.44. The first-order valence-corrected chi connectivity index (χ1v) is 5.57.